The molecule has 0 radical (unpaired) electrons. The zero-order chi connectivity index (χ0) is 15.5. The van der Waals surface area contributed by atoms with Crippen molar-refractivity contribution in [3.63, 3.8) is 0 Å². The number of nitrogens with one attached hydrogen (secondary N) is 1. The Morgan fingerprint density at radius 3 is 2.71 bits per heavy atom. The van der Waals surface area contributed by atoms with Crippen LogP contribution in [-0.4, -0.2) is 28.1 Å². The fraction of sp³-hybridized carbons (Fsp3) is 0.467. The van der Waals surface area contributed by atoms with Crippen molar-refractivity contribution in [3.8, 4) is 10.6 Å². The monoisotopic (exact) mass is 324 g/mol. The summed E-state index contributed by atoms with van der Waals surface area (Å²) in [6.07, 6.45) is 1.23. The van der Waals surface area contributed by atoms with Crippen LogP contribution in [0.1, 0.15) is 42.1 Å². The highest BCUT2D eigenvalue weighted by atomic mass is 32.1. The van der Waals surface area contributed by atoms with E-state index < -0.39 is 5.60 Å². The summed E-state index contributed by atoms with van der Waals surface area (Å²) >= 11 is 3.00. The molecule has 0 fully saturated rings. The van der Waals surface area contributed by atoms with Crippen LogP contribution in [0.4, 0.5) is 0 Å². The van der Waals surface area contributed by atoms with Gasteiger partial charge in [0, 0.05) is 17.5 Å². The van der Waals surface area contributed by atoms with Gasteiger partial charge in [-0.2, -0.15) is 11.3 Å². The highest BCUT2D eigenvalue weighted by molar-refractivity contribution is 7.17. The Labute approximate surface area is 132 Å². The number of amides is 1. The Kier molecular flexibility index (Phi) is 5.13. The quantitative estimate of drug-likeness (QED) is 0.855. The van der Waals surface area contributed by atoms with Crippen LogP contribution in [-0.2, 0) is 0 Å². The van der Waals surface area contributed by atoms with E-state index in [9.17, 15) is 9.90 Å². The van der Waals surface area contributed by atoms with Crippen molar-refractivity contribution >= 4 is 28.6 Å². The van der Waals surface area contributed by atoms with Crippen molar-refractivity contribution < 1.29 is 9.90 Å². The molecule has 0 aliphatic rings. The molecular formula is C15H20N2O2S2. The number of hydrogen-bond acceptors (Lipinski definition) is 5. The highest BCUT2D eigenvalue weighted by Crippen LogP contribution is 2.29. The summed E-state index contributed by atoms with van der Waals surface area (Å²) in [6.45, 7) is 5.95. The van der Waals surface area contributed by atoms with Crippen LogP contribution in [0, 0.1) is 6.92 Å². The lowest BCUT2D eigenvalue weighted by atomic mass is 9.97. The molecule has 0 bridgehead atoms. The second-order valence-electron chi connectivity index (χ2n) is 5.06. The van der Waals surface area contributed by atoms with E-state index in [4.69, 9.17) is 0 Å². The molecule has 0 aliphatic carbocycles. The minimum absolute atomic E-state index is 0.160. The summed E-state index contributed by atoms with van der Waals surface area (Å²) < 4.78 is 0. The molecule has 0 saturated carbocycles. The van der Waals surface area contributed by atoms with Gasteiger partial charge in [0.05, 0.1) is 11.3 Å². The molecule has 2 aromatic heterocycles. The maximum absolute atomic E-state index is 12.3. The molecule has 0 saturated heterocycles. The van der Waals surface area contributed by atoms with Crippen LogP contribution in [0.2, 0.25) is 0 Å². The molecule has 0 aromatic carbocycles. The Bertz CT molecular complexity index is 601. The molecule has 21 heavy (non-hydrogen) atoms. The molecule has 0 aliphatic heterocycles. The van der Waals surface area contributed by atoms with Crippen molar-refractivity contribution in [1.82, 2.24) is 10.3 Å². The van der Waals surface area contributed by atoms with Gasteiger partial charge in [0.15, 0.2) is 0 Å². The molecule has 114 valence electrons. The number of carbonyl (C=O) groups is 1. The summed E-state index contributed by atoms with van der Waals surface area (Å²) in [6, 6.07) is 2.00. The fourth-order valence-corrected chi connectivity index (χ4v) is 3.64. The second-order valence-corrected chi connectivity index (χ2v) is 6.84. The third-order valence-electron chi connectivity index (χ3n) is 3.67. The Morgan fingerprint density at radius 1 is 1.43 bits per heavy atom. The molecular weight excluding hydrogens is 304 g/mol. The smallest absolute Gasteiger partial charge is 0.263 e. The molecule has 0 spiro atoms. The van der Waals surface area contributed by atoms with Crippen molar-refractivity contribution in [3.05, 3.63) is 27.4 Å². The van der Waals surface area contributed by atoms with E-state index in [0.29, 0.717) is 17.7 Å². The van der Waals surface area contributed by atoms with Crippen LogP contribution in [0.25, 0.3) is 10.6 Å². The first-order valence-corrected chi connectivity index (χ1v) is 8.75. The van der Waals surface area contributed by atoms with E-state index in [2.05, 4.69) is 10.3 Å². The normalized spacial score (nSPS) is 11.6. The summed E-state index contributed by atoms with van der Waals surface area (Å²) in [7, 11) is 0. The van der Waals surface area contributed by atoms with Gasteiger partial charge in [-0.15, -0.1) is 11.3 Å². The van der Waals surface area contributed by atoms with Gasteiger partial charge in [0.1, 0.15) is 9.88 Å². The maximum atomic E-state index is 12.3. The van der Waals surface area contributed by atoms with E-state index >= 15 is 0 Å². The molecule has 2 aromatic rings. The van der Waals surface area contributed by atoms with Gasteiger partial charge in [0.25, 0.3) is 5.91 Å². The minimum Gasteiger partial charge on any atom is -0.388 e. The van der Waals surface area contributed by atoms with Gasteiger partial charge >= 0.3 is 0 Å². The second kappa shape index (κ2) is 6.68. The van der Waals surface area contributed by atoms with Crippen LogP contribution in [0.15, 0.2) is 16.8 Å². The summed E-state index contributed by atoms with van der Waals surface area (Å²) in [5.41, 5.74) is 0.950. The molecule has 1 amide bonds. The Balaban J connectivity index is 2.10. The molecule has 0 unspecified atom stereocenters. The van der Waals surface area contributed by atoms with Gasteiger partial charge in [-0.1, -0.05) is 13.8 Å². The average molecular weight is 324 g/mol. The number of rotatable bonds is 6. The first-order valence-electron chi connectivity index (χ1n) is 6.99. The largest absolute Gasteiger partial charge is 0.388 e. The summed E-state index contributed by atoms with van der Waals surface area (Å²) in [5, 5.41) is 17.9. The first-order chi connectivity index (χ1) is 9.99. The van der Waals surface area contributed by atoms with Crippen molar-refractivity contribution in [1.29, 1.82) is 0 Å². The van der Waals surface area contributed by atoms with Crippen LogP contribution in [0.3, 0.4) is 0 Å². The number of aliphatic hydroxyl groups is 1. The number of nitrogens with zero attached hydrogens (tertiary/aromatic N) is 1. The zero-order valence-electron chi connectivity index (χ0n) is 12.5. The van der Waals surface area contributed by atoms with Gasteiger partial charge in [0.2, 0.25) is 0 Å². The molecule has 2 rings (SSSR count). The molecule has 6 heteroatoms. The van der Waals surface area contributed by atoms with E-state index in [0.717, 1.165) is 16.3 Å². The number of carbonyl (C=O) groups excluding carboxylic acids is 1. The predicted molar refractivity (Wildman–Crippen MR) is 88.0 cm³/mol. The maximum Gasteiger partial charge on any atom is 0.263 e. The zero-order valence-corrected chi connectivity index (χ0v) is 14.1. The number of hydrogen-bond donors (Lipinski definition) is 2. The van der Waals surface area contributed by atoms with Crippen molar-refractivity contribution in [2.45, 2.75) is 39.2 Å². The van der Waals surface area contributed by atoms with Crippen molar-refractivity contribution in [2.75, 3.05) is 6.54 Å². The molecule has 0 atom stereocenters. The third-order valence-corrected chi connectivity index (χ3v) is 5.55. The molecule has 4 nitrogen and oxygen atoms in total. The lowest BCUT2D eigenvalue weighted by Crippen LogP contribution is -2.42. The lowest BCUT2D eigenvalue weighted by molar-refractivity contribution is 0.0314. The van der Waals surface area contributed by atoms with Crippen LogP contribution < -0.4 is 5.32 Å². The number of aryl methyl sites for hydroxylation is 1. The summed E-state index contributed by atoms with van der Waals surface area (Å²) in [5.74, 6) is -0.160. The van der Waals surface area contributed by atoms with Gasteiger partial charge in [-0.3, -0.25) is 4.79 Å². The summed E-state index contributed by atoms with van der Waals surface area (Å²) in [4.78, 5) is 17.4. The van der Waals surface area contributed by atoms with Crippen molar-refractivity contribution in [2.24, 2.45) is 0 Å². The third kappa shape index (κ3) is 3.70. The minimum atomic E-state index is -0.829. The SMILES string of the molecule is CCC(O)(CC)CNC(=O)c1sc(-c2ccsc2)nc1C. The van der Waals surface area contributed by atoms with Gasteiger partial charge < -0.3 is 10.4 Å². The predicted octanol–water partition coefficient (Wildman–Crippen LogP) is 3.46. The number of thiophene rings is 1. The van der Waals surface area contributed by atoms with E-state index in [1.165, 1.54) is 11.3 Å². The van der Waals surface area contributed by atoms with Crippen LogP contribution >= 0.6 is 22.7 Å². The van der Waals surface area contributed by atoms with E-state index in [-0.39, 0.29) is 12.5 Å². The molecule has 2 N–H and O–H groups in total. The standard InChI is InChI=1S/C15H20N2O2S2/c1-4-15(19,5-2)9-16-13(18)12-10(3)17-14(21-12)11-6-7-20-8-11/h6-8,19H,4-5,9H2,1-3H3,(H,16,18). The average Bonchev–Trinajstić information content (AvgIpc) is 3.13. The molecule has 2 heterocycles. The first kappa shape index (κ1) is 16.1. The lowest BCUT2D eigenvalue weighted by Gasteiger charge is -2.25. The van der Waals surface area contributed by atoms with Crippen LogP contribution in [0.5, 0.6) is 0 Å². The number of thiazole rings is 1. The number of aromatic nitrogens is 1. The Hall–Kier alpha value is -1.24. The Morgan fingerprint density at radius 2 is 2.14 bits per heavy atom. The topological polar surface area (TPSA) is 62.2 Å². The van der Waals surface area contributed by atoms with Gasteiger partial charge in [-0.25, -0.2) is 4.98 Å². The van der Waals surface area contributed by atoms with E-state index in [1.54, 1.807) is 11.3 Å². The van der Waals surface area contributed by atoms with E-state index in [1.807, 2.05) is 37.6 Å². The highest BCUT2D eigenvalue weighted by Gasteiger charge is 2.24. The fourth-order valence-electron chi connectivity index (χ4n) is 1.94. The van der Waals surface area contributed by atoms with Gasteiger partial charge in [-0.05, 0) is 31.2 Å².